The SMILES string of the molecule is COc1cccc(CNc2ccc(C)cc2C)c1OCc1cccs1. The Labute approximate surface area is 153 Å². The minimum Gasteiger partial charge on any atom is -0.493 e. The predicted molar refractivity (Wildman–Crippen MR) is 105 cm³/mol. The first-order chi connectivity index (χ1) is 12.2. The number of para-hydroxylation sites is 1. The molecule has 3 rings (SSSR count). The first kappa shape index (κ1) is 17.4. The topological polar surface area (TPSA) is 30.5 Å². The summed E-state index contributed by atoms with van der Waals surface area (Å²) in [5.74, 6) is 1.56. The summed E-state index contributed by atoms with van der Waals surface area (Å²) in [7, 11) is 1.68. The summed E-state index contributed by atoms with van der Waals surface area (Å²) in [5.41, 5.74) is 4.72. The Morgan fingerprint density at radius 2 is 1.92 bits per heavy atom. The Kier molecular flexibility index (Phi) is 5.61. The van der Waals surface area contributed by atoms with Crippen LogP contribution in [-0.4, -0.2) is 7.11 Å². The standard InChI is InChI=1S/C21H23NO2S/c1-15-9-10-19(16(2)12-15)22-13-17-6-4-8-20(23-3)21(17)24-14-18-7-5-11-25-18/h4-12,22H,13-14H2,1-3H3. The molecule has 130 valence electrons. The summed E-state index contributed by atoms with van der Waals surface area (Å²) in [4.78, 5) is 1.19. The van der Waals surface area contributed by atoms with Gasteiger partial charge in [-0.05, 0) is 43.0 Å². The van der Waals surface area contributed by atoms with Gasteiger partial charge in [0.25, 0.3) is 0 Å². The molecule has 3 aromatic rings. The second kappa shape index (κ2) is 8.08. The van der Waals surface area contributed by atoms with Gasteiger partial charge in [-0.15, -0.1) is 11.3 Å². The lowest BCUT2D eigenvalue weighted by atomic mass is 10.1. The number of ether oxygens (including phenoxy) is 2. The number of nitrogens with one attached hydrogen (secondary N) is 1. The van der Waals surface area contributed by atoms with Crippen molar-refractivity contribution in [3.63, 3.8) is 0 Å². The van der Waals surface area contributed by atoms with E-state index in [2.05, 4.69) is 54.9 Å². The van der Waals surface area contributed by atoms with Gasteiger partial charge < -0.3 is 14.8 Å². The summed E-state index contributed by atoms with van der Waals surface area (Å²) >= 11 is 1.69. The molecule has 0 fully saturated rings. The molecule has 0 aliphatic rings. The van der Waals surface area contributed by atoms with E-state index in [0.29, 0.717) is 13.2 Å². The molecule has 0 radical (unpaired) electrons. The molecular formula is C21H23NO2S. The molecule has 1 N–H and O–H groups in total. The fraction of sp³-hybridized carbons (Fsp3) is 0.238. The highest BCUT2D eigenvalue weighted by atomic mass is 32.1. The van der Waals surface area contributed by atoms with E-state index in [-0.39, 0.29) is 0 Å². The van der Waals surface area contributed by atoms with Gasteiger partial charge in [-0.3, -0.25) is 0 Å². The van der Waals surface area contributed by atoms with Crippen molar-refractivity contribution in [2.24, 2.45) is 0 Å². The van der Waals surface area contributed by atoms with E-state index in [1.54, 1.807) is 18.4 Å². The van der Waals surface area contributed by atoms with Crippen molar-refractivity contribution >= 4 is 17.0 Å². The van der Waals surface area contributed by atoms with Crippen LogP contribution in [0.2, 0.25) is 0 Å². The van der Waals surface area contributed by atoms with Gasteiger partial charge in [0, 0.05) is 22.7 Å². The number of anilines is 1. The lowest BCUT2D eigenvalue weighted by molar-refractivity contribution is 0.284. The lowest BCUT2D eigenvalue weighted by Gasteiger charge is -2.16. The molecule has 3 nitrogen and oxygen atoms in total. The van der Waals surface area contributed by atoms with Gasteiger partial charge in [0.1, 0.15) is 6.61 Å². The molecule has 0 aliphatic heterocycles. The molecule has 0 saturated carbocycles. The van der Waals surface area contributed by atoms with Crippen LogP contribution in [0.25, 0.3) is 0 Å². The monoisotopic (exact) mass is 353 g/mol. The Bertz CT molecular complexity index is 828. The molecule has 0 spiro atoms. The number of aryl methyl sites for hydroxylation is 2. The summed E-state index contributed by atoms with van der Waals surface area (Å²) in [5, 5.41) is 5.57. The number of hydrogen-bond donors (Lipinski definition) is 1. The molecule has 0 unspecified atom stereocenters. The van der Waals surface area contributed by atoms with Crippen LogP contribution in [-0.2, 0) is 13.2 Å². The Balaban J connectivity index is 1.77. The lowest BCUT2D eigenvalue weighted by Crippen LogP contribution is -2.05. The van der Waals surface area contributed by atoms with Crippen molar-refractivity contribution < 1.29 is 9.47 Å². The quantitative estimate of drug-likeness (QED) is 0.603. The molecule has 1 aromatic heterocycles. The third kappa shape index (κ3) is 4.34. The summed E-state index contributed by atoms with van der Waals surface area (Å²) in [6, 6.07) is 16.5. The molecule has 25 heavy (non-hydrogen) atoms. The molecule has 0 amide bonds. The van der Waals surface area contributed by atoms with Gasteiger partial charge in [0.15, 0.2) is 11.5 Å². The maximum Gasteiger partial charge on any atom is 0.166 e. The number of thiophene rings is 1. The smallest absolute Gasteiger partial charge is 0.166 e. The second-order valence-electron chi connectivity index (χ2n) is 5.99. The van der Waals surface area contributed by atoms with Crippen molar-refractivity contribution in [1.82, 2.24) is 0 Å². The average molecular weight is 353 g/mol. The van der Waals surface area contributed by atoms with Crippen LogP contribution in [0.1, 0.15) is 21.6 Å². The van der Waals surface area contributed by atoms with Crippen molar-refractivity contribution in [2.75, 3.05) is 12.4 Å². The largest absolute Gasteiger partial charge is 0.493 e. The molecule has 0 atom stereocenters. The fourth-order valence-electron chi connectivity index (χ4n) is 2.77. The normalized spacial score (nSPS) is 10.5. The van der Waals surface area contributed by atoms with Crippen LogP contribution in [0.4, 0.5) is 5.69 Å². The molecule has 0 bridgehead atoms. The Morgan fingerprint density at radius 3 is 2.64 bits per heavy atom. The van der Waals surface area contributed by atoms with Gasteiger partial charge in [0.2, 0.25) is 0 Å². The van der Waals surface area contributed by atoms with E-state index in [1.165, 1.54) is 16.0 Å². The molecule has 2 aromatic carbocycles. The van der Waals surface area contributed by atoms with E-state index >= 15 is 0 Å². The molecule has 1 heterocycles. The highest BCUT2D eigenvalue weighted by Gasteiger charge is 2.11. The van der Waals surface area contributed by atoms with E-state index in [0.717, 1.165) is 22.7 Å². The third-order valence-electron chi connectivity index (χ3n) is 4.07. The number of methoxy groups -OCH3 is 1. The summed E-state index contributed by atoms with van der Waals surface area (Å²) < 4.78 is 11.6. The van der Waals surface area contributed by atoms with E-state index in [9.17, 15) is 0 Å². The van der Waals surface area contributed by atoms with Crippen molar-refractivity contribution in [1.29, 1.82) is 0 Å². The molecule has 4 heteroatoms. The number of hydrogen-bond acceptors (Lipinski definition) is 4. The van der Waals surface area contributed by atoms with Crippen molar-refractivity contribution in [2.45, 2.75) is 27.0 Å². The van der Waals surface area contributed by atoms with Gasteiger partial charge in [-0.2, -0.15) is 0 Å². The number of benzene rings is 2. The van der Waals surface area contributed by atoms with Crippen LogP contribution in [0.15, 0.2) is 53.9 Å². The third-order valence-corrected chi connectivity index (χ3v) is 4.92. The maximum atomic E-state index is 6.09. The van der Waals surface area contributed by atoms with Gasteiger partial charge >= 0.3 is 0 Å². The first-order valence-corrected chi connectivity index (χ1v) is 9.17. The van der Waals surface area contributed by atoms with Crippen LogP contribution in [0.5, 0.6) is 11.5 Å². The average Bonchev–Trinajstić information content (AvgIpc) is 3.13. The van der Waals surface area contributed by atoms with Gasteiger partial charge in [0.05, 0.1) is 7.11 Å². The summed E-state index contributed by atoms with van der Waals surface area (Å²) in [6.07, 6.45) is 0. The zero-order valence-corrected chi connectivity index (χ0v) is 15.7. The van der Waals surface area contributed by atoms with E-state index in [4.69, 9.17) is 9.47 Å². The van der Waals surface area contributed by atoms with Crippen molar-refractivity contribution in [3.05, 3.63) is 75.5 Å². The minimum absolute atomic E-state index is 0.550. The van der Waals surface area contributed by atoms with Crippen LogP contribution in [0, 0.1) is 13.8 Å². The van der Waals surface area contributed by atoms with Crippen LogP contribution in [0.3, 0.4) is 0 Å². The predicted octanol–water partition coefficient (Wildman–Crippen LogP) is 5.56. The Morgan fingerprint density at radius 1 is 1.04 bits per heavy atom. The van der Waals surface area contributed by atoms with E-state index in [1.807, 2.05) is 18.2 Å². The highest BCUT2D eigenvalue weighted by Crippen LogP contribution is 2.33. The van der Waals surface area contributed by atoms with Crippen LogP contribution < -0.4 is 14.8 Å². The summed E-state index contributed by atoms with van der Waals surface area (Å²) in [6.45, 7) is 5.46. The maximum absolute atomic E-state index is 6.09. The second-order valence-corrected chi connectivity index (χ2v) is 7.02. The van der Waals surface area contributed by atoms with E-state index < -0.39 is 0 Å². The minimum atomic E-state index is 0.550. The Hall–Kier alpha value is -2.46. The fourth-order valence-corrected chi connectivity index (χ4v) is 3.38. The van der Waals surface area contributed by atoms with Crippen molar-refractivity contribution in [3.8, 4) is 11.5 Å². The van der Waals surface area contributed by atoms with Gasteiger partial charge in [-0.1, -0.05) is 35.9 Å². The van der Waals surface area contributed by atoms with Crippen LogP contribution >= 0.6 is 11.3 Å². The zero-order chi connectivity index (χ0) is 17.6. The molecule has 0 aliphatic carbocycles. The van der Waals surface area contributed by atoms with Gasteiger partial charge in [-0.25, -0.2) is 0 Å². The molecular weight excluding hydrogens is 330 g/mol. The molecule has 0 saturated heterocycles. The highest BCUT2D eigenvalue weighted by molar-refractivity contribution is 7.09. The number of rotatable bonds is 7. The first-order valence-electron chi connectivity index (χ1n) is 8.29. The zero-order valence-electron chi connectivity index (χ0n) is 14.8.